The molecule has 0 radical (unpaired) electrons. The zero-order chi connectivity index (χ0) is 27.3. The summed E-state index contributed by atoms with van der Waals surface area (Å²) >= 11 is 0.936. The molecule has 0 saturated heterocycles. The summed E-state index contributed by atoms with van der Waals surface area (Å²) in [5.74, 6) is -3.24. The number of carboxylic acids is 1. The molecule has 1 amide bonds. The number of thioether (sulfide) groups is 1. The number of aliphatic carboxylic acids is 1. The molecule has 1 aliphatic heterocycles. The number of ether oxygens (including phenoxy) is 2. The first kappa shape index (κ1) is 28.6. The maximum atomic E-state index is 15.1. The lowest BCUT2D eigenvalue weighted by molar-refractivity contribution is -0.138. The minimum absolute atomic E-state index is 0.0424. The van der Waals surface area contributed by atoms with Crippen LogP contribution in [-0.2, 0) is 19.8 Å². The van der Waals surface area contributed by atoms with Crippen LogP contribution in [-0.4, -0.2) is 59.0 Å². The molecule has 1 unspecified atom stereocenters. The van der Waals surface area contributed by atoms with Crippen molar-refractivity contribution in [1.29, 1.82) is 0 Å². The van der Waals surface area contributed by atoms with Gasteiger partial charge in [0.2, 0.25) is 0 Å². The van der Waals surface area contributed by atoms with E-state index in [1.165, 1.54) is 12.1 Å². The molecule has 0 bridgehead atoms. The second-order valence-corrected chi connectivity index (χ2v) is 19.0. The van der Waals surface area contributed by atoms with E-state index in [1.54, 1.807) is 34.6 Å². The molecule has 1 aromatic carbocycles. The van der Waals surface area contributed by atoms with Gasteiger partial charge in [-0.25, -0.2) is 23.5 Å². The van der Waals surface area contributed by atoms with Crippen molar-refractivity contribution in [3.8, 4) is 0 Å². The maximum Gasteiger partial charge on any atom is 0.418 e. The van der Waals surface area contributed by atoms with Crippen molar-refractivity contribution in [3.05, 3.63) is 35.4 Å². The second kappa shape index (κ2) is 9.40. The molecule has 200 valence electrons. The highest BCUT2D eigenvalue weighted by atomic mass is 32.2. The largest absolute Gasteiger partial charge is 0.480 e. The lowest BCUT2D eigenvalue weighted by Crippen LogP contribution is -2.49. The van der Waals surface area contributed by atoms with Crippen LogP contribution in [0.2, 0.25) is 25.7 Å². The Kier molecular flexibility index (Phi) is 7.46. The lowest BCUT2D eigenvalue weighted by Gasteiger charge is -2.41. The topological polar surface area (TPSA) is 88.4 Å². The van der Waals surface area contributed by atoms with Crippen LogP contribution in [0.4, 0.5) is 13.6 Å². The van der Waals surface area contributed by atoms with Gasteiger partial charge in [-0.05, 0) is 46.2 Å². The molecular formula is C25H36F2N2O5SSi. The van der Waals surface area contributed by atoms with Crippen molar-refractivity contribution in [2.24, 2.45) is 10.4 Å². The Morgan fingerprint density at radius 3 is 2.42 bits per heavy atom. The number of hydrogen-bond acceptors (Lipinski definition) is 6. The van der Waals surface area contributed by atoms with Crippen molar-refractivity contribution in [2.45, 2.75) is 82.6 Å². The summed E-state index contributed by atoms with van der Waals surface area (Å²) < 4.78 is 39.3. The standard InChI is InChI=1S/C25H36F2N2O5SSi/c1-22(2,3)34-21(32)29(15-33-12-13-36(6,7)8)20-28-24(5,16-10-9-11-17(26)18(16)27)23(4)14-25(23,35-20)19(30)31/h9-11H,12-15H2,1-8H3,(H,30,31)/t23?,24-,25-/m1/s1. The van der Waals surface area contributed by atoms with Gasteiger partial charge in [0.1, 0.15) is 17.1 Å². The Labute approximate surface area is 216 Å². The highest BCUT2D eigenvalue weighted by molar-refractivity contribution is 8.16. The molecule has 7 nitrogen and oxygen atoms in total. The number of carboxylic acid groups (broad SMARTS) is 1. The van der Waals surface area contributed by atoms with E-state index in [0.717, 1.165) is 28.8 Å². The van der Waals surface area contributed by atoms with E-state index in [4.69, 9.17) is 14.5 Å². The Morgan fingerprint density at radius 1 is 1.22 bits per heavy atom. The van der Waals surface area contributed by atoms with Crippen LogP contribution in [0.5, 0.6) is 0 Å². The Hall–Kier alpha value is -1.98. The fraction of sp³-hybridized carbons (Fsp3) is 0.640. The minimum Gasteiger partial charge on any atom is -0.480 e. The Morgan fingerprint density at radius 2 is 1.86 bits per heavy atom. The second-order valence-electron chi connectivity index (χ2n) is 12.1. The summed E-state index contributed by atoms with van der Waals surface area (Å²) in [5.41, 5.74) is -3.37. The molecule has 1 aromatic rings. The normalized spacial score (nSPS) is 27.7. The van der Waals surface area contributed by atoms with E-state index in [1.807, 2.05) is 0 Å². The van der Waals surface area contributed by atoms with Gasteiger partial charge in [-0.2, -0.15) is 0 Å². The SMILES string of the molecule is CC(C)(C)OC(=O)N(COCC[Si](C)(C)C)C1=N[C@](C)(c2cccc(F)c2F)C2(C)C[C@]2(C(=O)O)S1. The van der Waals surface area contributed by atoms with Gasteiger partial charge in [-0.3, -0.25) is 4.79 Å². The van der Waals surface area contributed by atoms with Gasteiger partial charge in [0.05, 0.1) is 5.54 Å². The average Bonchev–Trinajstić information content (AvgIpc) is 3.36. The molecule has 1 aliphatic carbocycles. The summed E-state index contributed by atoms with van der Waals surface area (Å²) in [6.45, 7) is 15.3. The van der Waals surface area contributed by atoms with E-state index in [2.05, 4.69) is 19.6 Å². The predicted octanol–water partition coefficient (Wildman–Crippen LogP) is 6.07. The van der Waals surface area contributed by atoms with Gasteiger partial charge in [-0.15, -0.1) is 0 Å². The predicted molar refractivity (Wildman–Crippen MR) is 139 cm³/mol. The fourth-order valence-electron chi connectivity index (χ4n) is 4.41. The molecule has 1 saturated carbocycles. The smallest absolute Gasteiger partial charge is 0.418 e. The summed E-state index contributed by atoms with van der Waals surface area (Å²) in [5, 5.41) is 10.3. The molecular weight excluding hydrogens is 506 g/mol. The van der Waals surface area contributed by atoms with Gasteiger partial charge in [0.25, 0.3) is 0 Å². The summed E-state index contributed by atoms with van der Waals surface area (Å²) in [4.78, 5) is 31.7. The number of amidine groups is 1. The molecule has 0 spiro atoms. The molecule has 3 atom stereocenters. The van der Waals surface area contributed by atoms with E-state index in [0.29, 0.717) is 6.61 Å². The molecule has 1 N–H and O–H groups in total. The van der Waals surface area contributed by atoms with Crippen LogP contribution in [0.3, 0.4) is 0 Å². The van der Waals surface area contributed by atoms with Crippen LogP contribution in [0.25, 0.3) is 0 Å². The van der Waals surface area contributed by atoms with Crippen LogP contribution in [0.15, 0.2) is 23.2 Å². The number of aliphatic imine (C=N–C) groups is 1. The Balaban J connectivity index is 2.09. The minimum atomic E-state index is -1.46. The first-order valence-electron chi connectivity index (χ1n) is 11.9. The summed E-state index contributed by atoms with van der Waals surface area (Å²) in [6, 6.07) is 4.64. The number of halogens is 2. The molecule has 1 fully saturated rings. The van der Waals surface area contributed by atoms with Gasteiger partial charge in [-0.1, -0.05) is 50.5 Å². The van der Waals surface area contributed by atoms with Crippen molar-refractivity contribution < 1.29 is 33.0 Å². The van der Waals surface area contributed by atoms with E-state index >= 15 is 4.39 Å². The van der Waals surface area contributed by atoms with Crippen molar-refractivity contribution >= 4 is 37.1 Å². The molecule has 11 heteroatoms. The number of carbonyl (C=O) groups is 2. The summed E-state index contributed by atoms with van der Waals surface area (Å²) in [6.07, 6.45) is -0.591. The average molecular weight is 543 g/mol. The first-order chi connectivity index (χ1) is 16.4. The van der Waals surface area contributed by atoms with Crippen LogP contribution in [0.1, 0.15) is 46.6 Å². The third-order valence-corrected chi connectivity index (χ3v) is 10.2. The van der Waals surface area contributed by atoms with E-state index in [-0.39, 0.29) is 23.9 Å². The lowest BCUT2D eigenvalue weighted by atomic mass is 9.76. The fourth-order valence-corrected chi connectivity index (χ4v) is 6.81. The van der Waals surface area contributed by atoms with Gasteiger partial charge >= 0.3 is 12.1 Å². The van der Waals surface area contributed by atoms with E-state index < -0.39 is 53.1 Å². The number of fused-ring (bicyclic) bond motifs is 1. The number of hydrogen-bond donors (Lipinski definition) is 1. The highest BCUT2D eigenvalue weighted by Gasteiger charge is 2.80. The number of benzene rings is 1. The van der Waals surface area contributed by atoms with Crippen molar-refractivity contribution in [2.75, 3.05) is 13.3 Å². The molecule has 1 heterocycles. The van der Waals surface area contributed by atoms with Gasteiger partial charge in [0, 0.05) is 25.7 Å². The number of amides is 1. The Bertz CT molecular complexity index is 1090. The highest BCUT2D eigenvalue weighted by Crippen LogP contribution is 2.75. The quantitative estimate of drug-likeness (QED) is 0.256. The third kappa shape index (κ3) is 5.19. The first-order valence-corrected chi connectivity index (χ1v) is 16.4. The zero-order valence-corrected chi connectivity index (χ0v) is 24.0. The zero-order valence-electron chi connectivity index (χ0n) is 22.2. The maximum absolute atomic E-state index is 15.1. The monoisotopic (exact) mass is 542 g/mol. The van der Waals surface area contributed by atoms with Crippen molar-refractivity contribution in [1.82, 2.24) is 4.90 Å². The van der Waals surface area contributed by atoms with Crippen LogP contribution in [0, 0.1) is 17.0 Å². The van der Waals surface area contributed by atoms with Crippen LogP contribution < -0.4 is 0 Å². The van der Waals surface area contributed by atoms with Gasteiger partial charge < -0.3 is 14.6 Å². The molecule has 2 aliphatic rings. The number of rotatable bonds is 7. The molecule has 36 heavy (non-hydrogen) atoms. The summed E-state index contributed by atoms with van der Waals surface area (Å²) in [7, 11) is -1.40. The van der Waals surface area contributed by atoms with E-state index in [9.17, 15) is 19.1 Å². The number of nitrogens with zero attached hydrogens (tertiary/aromatic N) is 2. The van der Waals surface area contributed by atoms with Gasteiger partial charge in [0.15, 0.2) is 16.8 Å². The number of carbonyl (C=O) groups excluding carboxylic acids is 1. The van der Waals surface area contributed by atoms with Crippen molar-refractivity contribution in [3.63, 3.8) is 0 Å². The van der Waals surface area contributed by atoms with Crippen LogP contribution >= 0.6 is 11.8 Å². The molecule has 3 rings (SSSR count). The third-order valence-electron chi connectivity index (χ3n) is 6.91. The molecule has 0 aromatic heterocycles.